The Kier molecular flexibility index (Phi) is 9.08. The number of nitrogens with one attached hydrogen (secondary N) is 1. The molecule has 3 heterocycles. The van der Waals surface area contributed by atoms with E-state index in [0.717, 1.165) is 6.92 Å². The van der Waals surface area contributed by atoms with E-state index < -0.39 is 104 Å². The summed E-state index contributed by atoms with van der Waals surface area (Å²) in [7, 11) is 0. The van der Waals surface area contributed by atoms with Crippen LogP contribution in [-0.2, 0) is 23.7 Å². The normalized spacial score (nSPS) is 51.1. The molecule has 0 saturated carbocycles. The fourth-order valence-corrected chi connectivity index (χ4v) is 4.67. The zero-order chi connectivity index (χ0) is 26.2. The lowest BCUT2D eigenvalue weighted by atomic mass is 9.76. The van der Waals surface area contributed by atoms with Gasteiger partial charge in [0.05, 0.1) is 37.6 Å². The Bertz CT molecular complexity index is 730. The molecule has 15 nitrogen and oxygen atoms in total. The van der Waals surface area contributed by atoms with Crippen LogP contribution in [-0.4, -0.2) is 150 Å². The molecule has 35 heavy (non-hydrogen) atoms. The van der Waals surface area contributed by atoms with Gasteiger partial charge in [0.2, 0.25) is 5.91 Å². The molecule has 0 aliphatic carbocycles. The third-order valence-corrected chi connectivity index (χ3v) is 6.71. The summed E-state index contributed by atoms with van der Waals surface area (Å²) in [5.74, 6) is -0.605. The summed E-state index contributed by atoms with van der Waals surface area (Å²) >= 11 is 0. The Morgan fingerprint density at radius 2 is 1.66 bits per heavy atom. The molecule has 0 aromatic rings. The Morgan fingerprint density at radius 3 is 2.26 bits per heavy atom. The maximum atomic E-state index is 11.8. The molecular formula is C20H35NO14. The summed E-state index contributed by atoms with van der Waals surface area (Å²) in [4.78, 5) is 11.8. The molecule has 0 aromatic heterocycles. The van der Waals surface area contributed by atoms with Crippen molar-refractivity contribution < 1.29 is 69.7 Å². The second-order valence-electron chi connectivity index (χ2n) is 9.26. The van der Waals surface area contributed by atoms with Crippen LogP contribution < -0.4 is 5.32 Å². The molecule has 0 aromatic carbocycles. The van der Waals surface area contributed by atoms with Gasteiger partial charge in [-0.1, -0.05) is 0 Å². The average molecular weight is 513 g/mol. The van der Waals surface area contributed by atoms with Gasteiger partial charge in [-0.05, 0) is 6.92 Å². The van der Waals surface area contributed by atoms with Crippen LogP contribution >= 0.6 is 0 Å². The van der Waals surface area contributed by atoms with Crippen LogP contribution in [0.25, 0.3) is 0 Å². The van der Waals surface area contributed by atoms with Gasteiger partial charge in [0.25, 0.3) is 0 Å². The third-order valence-electron chi connectivity index (χ3n) is 6.71. The van der Waals surface area contributed by atoms with Crippen molar-refractivity contribution in [1.29, 1.82) is 0 Å². The second kappa shape index (κ2) is 11.1. The van der Waals surface area contributed by atoms with Gasteiger partial charge < -0.3 is 70.2 Å². The number of hydrogen-bond acceptors (Lipinski definition) is 14. The zero-order valence-corrected chi connectivity index (χ0v) is 19.2. The molecule has 0 unspecified atom stereocenters. The van der Waals surface area contributed by atoms with E-state index in [2.05, 4.69) is 5.32 Å². The van der Waals surface area contributed by atoms with Gasteiger partial charge in [-0.3, -0.25) is 4.79 Å². The second-order valence-corrected chi connectivity index (χ2v) is 9.26. The first kappa shape index (κ1) is 28.5. The molecule has 14 atom stereocenters. The van der Waals surface area contributed by atoms with Crippen LogP contribution in [0.15, 0.2) is 0 Å². The van der Waals surface area contributed by atoms with Gasteiger partial charge in [0, 0.05) is 13.3 Å². The predicted molar refractivity (Wildman–Crippen MR) is 110 cm³/mol. The highest BCUT2D eigenvalue weighted by molar-refractivity contribution is 5.73. The quantitative estimate of drug-likeness (QED) is 0.159. The molecule has 1 amide bonds. The van der Waals surface area contributed by atoms with Crippen molar-refractivity contribution in [1.82, 2.24) is 5.32 Å². The molecule has 10 N–H and O–H groups in total. The topological polar surface area (TPSA) is 248 Å². The molecule has 0 bridgehead atoms. The third kappa shape index (κ3) is 5.47. The molecular weight excluding hydrogens is 478 g/mol. The molecule has 3 saturated heterocycles. The Morgan fingerprint density at radius 1 is 1.00 bits per heavy atom. The lowest BCUT2D eigenvalue weighted by molar-refractivity contribution is -0.377. The SMILES string of the molecule is CC(=O)N[C@@H]1[C@H]([C@@]2(O)[C@H](OC[C@H]3O[C@H](O)[C@H](O)[C@@H](O)[C@@H]3O)O[C@H](C)[C@@H](O)[C@@H]2O)O[C@H](CO)C[C@@H]1O. The number of aliphatic hydroxyl groups excluding tert-OH is 8. The molecule has 3 aliphatic heterocycles. The van der Waals surface area contributed by atoms with Gasteiger partial charge in [-0.15, -0.1) is 0 Å². The van der Waals surface area contributed by atoms with Gasteiger partial charge in [-0.25, -0.2) is 0 Å². The van der Waals surface area contributed by atoms with E-state index in [0.29, 0.717) is 0 Å². The monoisotopic (exact) mass is 513 g/mol. The number of carbonyl (C=O) groups is 1. The van der Waals surface area contributed by atoms with Crippen LogP contribution in [0.1, 0.15) is 20.3 Å². The van der Waals surface area contributed by atoms with Gasteiger partial charge in [0.15, 0.2) is 18.2 Å². The van der Waals surface area contributed by atoms with Crippen molar-refractivity contribution in [2.75, 3.05) is 13.2 Å². The summed E-state index contributed by atoms with van der Waals surface area (Å²) in [5.41, 5.74) is -2.65. The Balaban J connectivity index is 1.90. The maximum Gasteiger partial charge on any atom is 0.217 e. The highest BCUT2D eigenvalue weighted by Crippen LogP contribution is 2.39. The number of ether oxygens (including phenoxy) is 4. The Hall–Kier alpha value is -1.05. The number of hydrogen-bond donors (Lipinski definition) is 10. The number of amides is 1. The fraction of sp³-hybridized carbons (Fsp3) is 0.950. The van der Waals surface area contributed by atoms with E-state index >= 15 is 0 Å². The van der Waals surface area contributed by atoms with Crippen molar-refractivity contribution in [3.05, 3.63) is 0 Å². The summed E-state index contributed by atoms with van der Waals surface area (Å²) in [6, 6.07) is -1.32. The van der Waals surface area contributed by atoms with Gasteiger partial charge >= 0.3 is 0 Å². The van der Waals surface area contributed by atoms with Crippen LogP contribution in [0.4, 0.5) is 0 Å². The average Bonchev–Trinajstić information content (AvgIpc) is 2.81. The van der Waals surface area contributed by atoms with Crippen molar-refractivity contribution >= 4 is 5.91 Å². The molecule has 0 spiro atoms. The number of aliphatic hydroxyl groups is 9. The van der Waals surface area contributed by atoms with E-state index in [1.165, 1.54) is 6.92 Å². The standard InChI is InChI=1S/C20H35NO14/c1-6-12(25)16(29)20(31,17-11(21-7(2)23)9(24)3-8(4-22)34-17)19(33-6)32-5-10-13(26)14(27)15(28)18(30)35-10/h6,8-19,22,24-31H,3-5H2,1-2H3,(H,21,23)/t6-,8+,9+,10-,11+,12-,13-,14+,15-,16+,17-,18+,19-,20-/m1/s1. The highest BCUT2D eigenvalue weighted by atomic mass is 16.7. The van der Waals surface area contributed by atoms with Crippen molar-refractivity contribution in [2.45, 2.75) is 106 Å². The minimum atomic E-state index is -2.65. The van der Waals surface area contributed by atoms with E-state index in [4.69, 9.17) is 18.9 Å². The molecule has 3 fully saturated rings. The Labute approximate surface area is 200 Å². The van der Waals surface area contributed by atoms with Crippen molar-refractivity contribution in [2.24, 2.45) is 0 Å². The highest BCUT2D eigenvalue weighted by Gasteiger charge is 2.63. The number of carbonyl (C=O) groups excluding carboxylic acids is 1. The predicted octanol–water partition coefficient (Wildman–Crippen LogP) is -5.98. The molecule has 204 valence electrons. The van der Waals surface area contributed by atoms with Crippen LogP contribution in [0.5, 0.6) is 0 Å². The van der Waals surface area contributed by atoms with Crippen LogP contribution in [0, 0.1) is 0 Å². The molecule has 15 heteroatoms. The summed E-state index contributed by atoms with van der Waals surface area (Å²) in [6.45, 7) is 1.31. The van der Waals surface area contributed by atoms with Crippen LogP contribution in [0.3, 0.4) is 0 Å². The molecule has 0 radical (unpaired) electrons. The minimum Gasteiger partial charge on any atom is -0.394 e. The summed E-state index contributed by atoms with van der Waals surface area (Å²) in [5, 5.41) is 95.1. The molecule has 3 aliphatic rings. The lowest BCUT2D eigenvalue weighted by Crippen LogP contribution is -2.77. The van der Waals surface area contributed by atoms with Crippen molar-refractivity contribution in [3.8, 4) is 0 Å². The number of rotatable bonds is 6. The van der Waals surface area contributed by atoms with Gasteiger partial charge in [0.1, 0.15) is 42.7 Å². The van der Waals surface area contributed by atoms with E-state index in [9.17, 15) is 50.8 Å². The minimum absolute atomic E-state index is 0.115. The maximum absolute atomic E-state index is 11.8. The first-order valence-electron chi connectivity index (χ1n) is 11.3. The molecule has 3 rings (SSSR count). The first-order chi connectivity index (χ1) is 16.3. The lowest BCUT2D eigenvalue weighted by Gasteiger charge is -2.54. The first-order valence-corrected chi connectivity index (χ1v) is 11.3. The fourth-order valence-electron chi connectivity index (χ4n) is 4.67. The van der Waals surface area contributed by atoms with E-state index in [-0.39, 0.29) is 6.42 Å². The zero-order valence-electron chi connectivity index (χ0n) is 19.2. The van der Waals surface area contributed by atoms with Crippen molar-refractivity contribution in [3.63, 3.8) is 0 Å². The van der Waals surface area contributed by atoms with Crippen LogP contribution in [0.2, 0.25) is 0 Å². The smallest absolute Gasteiger partial charge is 0.217 e. The van der Waals surface area contributed by atoms with E-state index in [1.54, 1.807) is 0 Å². The summed E-state index contributed by atoms with van der Waals surface area (Å²) < 4.78 is 21.9. The largest absolute Gasteiger partial charge is 0.394 e. The summed E-state index contributed by atoms with van der Waals surface area (Å²) in [6.07, 6.45) is -19.2. The van der Waals surface area contributed by atoms with Gasteiger partial charge in [-0.2, -0.15) is 0 Å². The van der Waals surface area contributed by atoms with E-state index in [1.807, 2.05) is 0 Å².